The molecule has 0 aromatic rings. The minimum Gasteiger partial charge on any atom is -0.315 e. The zero-order valence-corrected chi connectivity index (χ0v) is 11.5. The standard InChI is InChI=1S/C10H21N4PS/c16-15-12-6-2-7-14(15)10-9-13(15)5-1-3-11-4-8-12/h11H,1-10H2. The van der Waals surface area contributed by atoms with E-state index in [1.807, 2.05) is 0 Å². The van der Waals surface area contributed by atoms with Crippen molar-refractivity contribution in [1.29, 1.82) is 0 Å². The fourth-order valence-corrected chi connectivity index (χ4v) is 7.85. The Balaban J connectivity index is 1.89. The first kappa shape index (κ1) is 11.6. The number of nitrogens with zero attached hydrogens (tertiary/aromatic N) is 3. The largest absolute Gasteiger partial charge is 0.315 e. The average Bonchev–Trinajstić information content (AvgIpc) is 2.64. The van der Waals surface area contributed by atoms with Gasteiger partial charge in [-0.2, -0.15) is 0 Å². The molecule has 0 radical (unpaired) electrons. The van der Waals surface area contributed by atoms with Crippen LogP contribution < -0.4 is 5.32 Å². The second-order valence-electron chi connectivity index (χ2n) is 4.83. The van der Waals surface area contributed by atoms with Crippen LogP contribution in [0.15, 0.2) is 0 Å². The topological polar surface area (TPSA) is 21.8 Å². The summed E-state index contributed by atoms with van der Waals surface area (Å²) in [6, 6.07) is 0. The summed E-state index contributed by atoms with van der Waals surface area (Å²) in [7, 11) is 0. The van der Waals surface area contributed by atoms with Crippen molar-refractivity contribution in [1.82, 2.24) is 19.3 Å². The van der Waals surface area contributed by atoms with Crippen molar-refractivity contribution in [2.75, 3.05) is 52.4 Å². The first-order valence-corrected chi connectivity index (χ1v) is 9.05. The van der Waals surface area contributed by atoms with Crippen molar-refractivity contribution in [3.05, 3.63) is 0 Å². The summed E-state index contributed by atoms with van der Waals surface area (Å²) in [5.41, 5.74) is 0. The molecule has 3 aliphatic heterocycles. The van der Waals surface area contributed by atoms with Gasteiger partial charge in [0.05, 0.1) is 0 Å². The molecular weight excluding hydrogens is 239 g/mol. The zero-order valence-electron chi connectivity index (χ0n) is 9.77. The van der Waals surface area contributed by atoms with Crippen molar-refractivity contribution in [3.8, 4) is 0 Å². The van der Waals surface area contributed by atoms with Crippen LogP contribution in [0.25, 0.3) is 0 Å². The summed E-state index contributed by atoms with van der Waals surface area (Å²) >= 11 is 6.10. The molecular formula is C10H21N4PS. The lowest BCUT2D eigenvalue weighted by Crippen LogP contribution is -2.41. The summed E-state index contributed by atoms with van der Waals surface area (Å²) < 4.78 is 7.84. The first-order valence-electron chi connectivity index (χ1n) is 6.39. The SMILES string of the molecule is S=P12N3CCCN1CCN2CCCNCC3. The molecule has 0 aliphatic carbocycles. The Labute approximate surface area is 103 Å². The molecule has 1 unspecified atom stereocenters. The normalized spacial score (nSPS) is 38.8. The lowest BCUT2D eigenvalue weighted by molar-refractivity contribution is 0.332. The lowest BCUT2D eigenvalue weighted by Gasteiger charge is -2.45. The van der Waals surface area contributed by atoms with Gasteiger partial charge in [-0.1, -0.05) is 0 Å². The maximum Gasteiger partial charge on any atom is 0.145 e. The van der Waals surface area contributed by atoms with Crippen molar-refractivity contribution in [2.24, 2.45) is 0 Å². The molecule has 6 heteroatoms. The Morgan fingerprint density at radius 3 is 2.12 bits per heavy atom. The Bertz CT molecular complexity index is 311. The molecule has 92 valence electrons. The molecule has 0 aromatic carbocycles. The van der Waals surface area contributed by atoms with Crippen LogP contribution in [0.1, 0.15) is 12.8 Å². The van der Waals surface area contributed by atoms with Crippen molar-refractivity contribution < 1.29 is 0 Å². The van der Waals surface area contributed by atoms with Gasteiger partial charge in [0.1, 0.15) is 6.49 Å². The van der Waals surface area contributed by atoms with E-state index in [4.69, 9.17) is 11.8 Å². The van der Waals surface area contributed by atoms with Crippen LogP contribution in [0.5, 0.6) is 0 Å². The van der Waals surface area contributed by atoms with E-state index in [-0.39, 0.29) is 0 Å². The van der Waals surface area contributed by atoms with E-state index in [0.717, 1.165) is 19.6 Å². The maximum absolute atomic E-state index is 6.10. The molecule has 4 nitrogen and oxygen atoms in total. The molecule has 3 heterocycles. The van der Waals surface area contributed by atoms with Crippen molar-refractivity contribution in [3.63, 3.8) is 0 Å². The van der Waals surface area contributed by atoms with Crippen molar-refractivity contribution in [2.45, 2.75) is 12.8 Å². The molecule has 0 spiro atoms. The highest BCUT2D eigenvalue weighted by atomic mass is 32.4. The number of rotatable bonds is 0. The van der Waals surface area contributed by atoms with Gasteiger partial charge in [-0.3, -0.25) is 14.0 Å². The van der Waals surface area contributed by atoms with Crippen LogP contribution in [0, 0.1) is 0 Å². The minimum absolute atomic E-state index is 1.11. The smallest absolute Gasteiger partial charge is 0.145 e. The quantitative estimate of drug-likeness (QED) is 0.640. The highest BCUT2D eigenvalue weighted by Gasteiger charge is 2.44. The molecule has 3 fully saturated rings. The minimum atomic E-state index is -1.49. The van der Waals surface area contributed by atoms with E-state index >= 15 is 0 Å². The van der Waals surface area contributed by atoms with E-state index in [0.29, 0.717) is 0 Å². The van der Waals surface area contributed by atoms with E-state index in [1.54, 1.807) is 0 Å². The Kier molecular flexibility index (Phi) is 3.35. The third-order valence-corrected chi connectivity index (χ3v) is 9.36. The van der Waals surface area contributed by atoms with E-state index in [9.17, 15) is 0 Å². The molecule has 16 heavy (non-hydrogen) atoms. The van der Waals surface area contributed by atoms with Crippen LogP contribution in [-0.4, -0.2) is 66.4 Å². The number of hydrogen-bond acceptors (Lipinski definition) is 2. The lowest BCUT2D eigenvalue weighted by atomic mass is 10.3. The second-order valence-corrected chi connectivity index (χ2v) is 9.02. The zero-order chi connectivity index (χ0) is 11.0. The number of nitrogens with one attached hydrogen (secondary N) is 1. The van der Waals surface area contributed by atoms with Crippen molar-refractivity contribution >= 4 is 18.3 Å². The van der Waals surface area contributed by atoms with Gasteiger partial charge < -0.3 is 5.32 Å². The van der Waals surface area contributed by atoms with Gasteiger partial charge in [-0.15, -0.1) is 0 Å². The molecule has 1 N–H and O–H groups in total. The Morgan fingerprint density at radius 2 is 1.38 bits per heavy atom. The van der Waals surface area contributed by atoms with Crippen LogP contribution in [0.2, 0.25) is 0 Å². The van der Waals surface area contributed by atoms with Gasteiger partial charge in [0.2, 0.25) is 0 Å². The molecule has 3 saturated heterocycles. The van der Waals surface area contributed by atoms with E-state index < -0.39 is 6.49 Å². The molecule has 1 atom stereocenters. The summed E-state index contributed by atoms with van der Waals surface area (Å²) in [5, 5.41) is 3.52. The van der Waals surface area contributed by atoms with Crippen LogP contribution >= 0.6 is 6.49 Å². The third-order valence-electron chi connectivity index (χ3n) is 3.87. The highest BCUT2D eigenvalue weighted by molar-refractivity contribution is 8.11. The third kappa shape index (κ3) is 1.78. The highest BCUT2D eigenvalue weighted by Crippen LogP contribution is 2.61. The van der Waals surface area contributed by atoms with Gasteiger partial charge in [-0.05, 0) is 31.2 Å². The monoisotopic (exact) mass is 260 g/mol. The van der Waals surface area contributed by atoms with Crippen LogP contribution in [-0.2, 0) is 11.8 Å². The average molecular weight is 260 g/mol. The Hall–Kier alpha value is 0.490. The summed E-state index contributed by atoms with van der Waals surface area (Å²) in [4.78, 5) is 0. The molecule has 3 aliphatic rings. The second kappa shape index (κ2) is 4.63. The van der Waals surface area contributed by atoms with E-state index in [1.165, 1.54) is 45.6 Å². The molecule has 0 amide bonds. The van der Waals surface area contributed by atoms with Crippen LogP contribution in [0.4, 0.5) is 0 Å². The molecule has 0 bridgehead atoms. The number of hydrogen-bond donors (Lipinski definition) is 1. The van der Waals surface area contributed by atoms with Crippen LogP contribution in [0.3, 0.4) is 0 Å². The van der Waals surface area contributed by atoms with Gasteiger partial charge in [0.15, 0.2) is 0 Å². The molecule has 3 rings (SSSR count). The van der Waals surface area contributed by atoms with E-state index in [2.05, 4.69) is 19.3 Å². The van der Waals surface area contributed by atoms with Gasteiger partial charge in [0, 0.05) is 45.8 Å². The maximum atomic E-state index is 6.10. The summed E-state index contributed by atoms with van der Waals surface area (Å²) in [6.45, 7) is 7.96. The fourth-order valence-electron chi connectivity index (χ4n) is 3.04. The molecule has 0 aromatic heterocycles. The van der Waals surface area contributed by atoms with Gasteiger partial charge in [-0.25, -0.2) is 0 Å². The first-order chi connectivity index (χ1) is 7.82. The van der Waals surface area contributed by atoms with Gasteiger partial charge >= 0.3 is 0 Å². The molecule has 0 saturated carbocycles. The fraction of sp³-hybridized carbons (Fsp3) is 1.00. The van der Waals surface area contributed by atoms with Gasteiger partial charge in [0.25, 0.3) is 0 Å². The summed E-state index contributed by atoms with van der Waals surface area (Å²) in [5.74, 6) is 0. The summed E-state index contributed by atoms with van der Waals surface area (Å²) in [6.07, 6.45) is 2.55. The predicted octanol–water partition coefficient (Wildman–Crippen LogP) is 0.528. The Morgan fingerprint density at radius 1 is 0.750 bits per heavy atom. The predicted molar refractivity (Wildman–Crippen MR) is 71.1 cm³/mol.